The molecule has 1 atom stereocenters. The van der Waals surface area contributed by atoms with Gasteiger partial charge in [-0.25, -0.2) is 0 Å². The van der Waals surface area contributed by atoms with Gasteiger partial charge in [-0.15, -0.1) is 11.8 Å². The summed E-state index contributed by atoms with van der Waals surface area (Å²) in [6.45, 7) is 0. The molecule has 0 aromatic heterocycles. The van der Waals surface area contributed by atoms with Crippen molar-refractivity contribution in [2.75, 3.05) is 12.8 Å². The molecule has 0 aliphatic carbocycles. The molecular formula is C15H14BrCl2NS. The van der Waals surface area contributed by atoms with E-state index >= 15 is 0 Å². The fourth-order valence-electron chi connectivity index (χ4n) is 1.83. The number of hydrogen-bond acceptors (Lipinski definition) is 2. The van der Waals surface area contributed by atoms with Crippen molar-refractivity contribution in [3.63, 3.8) is 0 Å². The number of rotatable bonds is 5. The lowest BCUT2D eigenvalue weighted by molar-refractivity contribution is 0.662. The van der Waals surface area contributed by atoms with Crippen LogP contribution in [0.3, 0.4) is 0 Å². The molecule has 0 aliphatic rings. The Labute approximate surface area is 142 Å². The summed E-state index contributed by atoms with van der Waals surface area (Å²) in [5, 5.41) is 4.52. The molecule has 0 bridgehead atoms. The molecule has 20 heavy (non-hydrogen) atoms. The Morgan fingerprint density at radius 1 is 1.15 bits per heavy atom. The SMILES string of the molecule is CNC(CSc1ccc(Br)cc1)c1cccc(Cl)c1Cl. The lowest BCUT2D eigenvalue weighted by Gasteiger charge is -2.18. The van der Waals surface area contributed by atoms with Gasteiger partial charge in [0.15, 0.2) is 0 Å². The first-order chi connectivity index (χ1) is 9.61. The quantitative estimate of drug-likeness (QED) is 0.646. The molecule has 0 spiro atoms. The molecule has 0 radical (unpaired) electrons. The Hall–Kier alpha value is -0.190. The maximum Gasteiger partial charge on any atom is 0.0640 e. The second kappa shape index (κ2) is 7.71. The lowest BCUT2D eigenvalue weighted by Crippen LogP contribution is -2.19. The van der Waals surface area contributed by atoms with E-state index in [1.165, 1.54) is 4.90 Å². The predicted octanol–water partition coefficient (Wildman–Crippen LogP) is 5.81. The maximum atomic E-state index is 6.28. The number of nitrogens with one attached hydrogen (secondary N) is 1. The summed E-state index contributed by atoms with van der Waals surface area (Å²) in [7, 11) is 1.93. The van der Waals surface area contributed by atoms with Crippen LogP contribution in [-0.4, -0.2) is 12.8 Å². The van der Waals surface area contributed by atoms with Gasteiger partial charge in [-0.05, 0) is 42.9 Å². The van der Waals surface area contributed by atoms with Crippen LogP contribution in [0.2, 0.25) is 10.0 Å². The van der Waals surface area contributed by atoms with Crippen LogP contribution in [0.5, 0.6) is 0 Å². The summed E-state index contributed by atoms with van der Waals surface area (Å²) in [5.74, 6) is 0.887. The third-order valence-corrected chi connectivity index (χ3v) is 5.40. The standard InChI is InChI=1S/C15H14BrCl2NS/c1-19-14(12-3-2-4-13(17)15(12)18)9-20-11-7-5-10(16)6-8-11/h2-8,14,19H,9H2,1H3. The van der Waals surface area contributed by atoms with Crippen LogP contribution in [0, 0.1) is 0 Å². The van der Waals surface area contributed by atoms with E-state index in [1.807, 2.05) is 37.4 Å². The molecule has 2 aromatic rings. The lowest BCUT2D eigenvalue weighted by atomic mass is 10.1. The highest BCUT2D eigenvalue weighted by Gasteiger charge is 2.15. The molecule has 0 fully saturated rings. The Morgan fingerprint density at radius 3 is 2.50 bits per heavy atom. The van der Waals surface area contributed by atoms with Gasteiger partial charge in [-0.3, -0.25) is 0 Å². The predicted molar refractivity (Wildman–Crippen MR) is 93.1 cm³/mol. The van der Waals surface area contributed by atoms with Crippen LogP contribution in [0.1, 0.15) is 11.6 Å². The topological polar surface area (TPSA) is 12.0 Å². The van der Waals surface area contributed by atoms with E-state index in [9.17, 15) is 0 Å². The Bertz CT molecular complexity index is 575. The van der Waals surface area contributed by atoms with Gasteiger partial charge >= 0.3 is 0 Å². The maximum absolute atomic E-state index is 6.28. The van der Waals surface area contributed by atoms with Gasteiger partial charge in [0.1, 0.15) is 0 Å². The summed E-state index contributed by atoms with van der Waals surface area (Å²) in [6.07, 6.45) is 0. The average molecular weight is 391 g/mol. The molecule has 106 valence electrons. The average Bonchev–Trinajstić information content (AvgIpc) is 2.45. The molecule has 5 heteroatoms. The third-order valence-electron chi connectivity index (χ3n) is 2.94. The summed E-state index contributed by atoms with van der Waals surface area (Å²) in [5.41, 5.74) is 1.03. The number of thioether (sulfide) groups is 1. The highest BCUT2D eigenvalue weighted by molar-refractivity contribution is 9.10. The minimum atomic E-state index is 0.162. The van der Waals surface area contributed by atoms with E-state index in [0.717, 1.165) is 15.8 Å². The minimum Gasteiger partial charge on any atom is -0.312 e. The van der Waals surface area contributed by atoms with Crippen molar-refractivity contribution in [3.05, 3.63) is 62.5 Å². The molecular weight excluding hydrogens is 377 g/mol. The molecule has 0 aliphatic heterocycles. The van der Waals surface area contributed by atoms with Crippen LogP contribution < -0.4 is 5.32 Å². The summed E-state index contributed by atoms with van der Waals surface area (Å²) >= 11 is 17.6. The highest BCUT2D eigenvalue weighted by Crippen LogP contribution is 2.33. The van der Waals surface area contributed by atoms with Crippen molar-refractivity contribution in [2.24, 2.45) is 0 Å². The van der Waals surface area contributed by atoms with Crippen molar-refractivity contribution >= 4 is 50.9 Å². The molecule has 0 heterocycles. The van der Waals surface area contributed by atoms with Crippen molar-refractivity contribution in [3.8, 4) is 0 Å². The fourth-order valence-corrected chi connectivity index (χ4v) is 3.57. The largest absolute Gasteiger partial charge is 0.312 e. The first kappa shape index (κ1) is 16.2. The zero-order chi connectivity index (χ0) is 14.5. The molecule has 2 aromatic carbocycles. The van der Waals surface area contributed by atoms with E-state index in [0.29, 0.717) is 10.0 Å². The van der Waals surface area contributed by atoms with Crippen molar-refractivity contribution in [2.45, 2.75) is 10.9 Å². The van der Waals surface area contributed by atoms with Gasteiger partial charge in [-0.1, -0.05) is 51.3 Å². The van der Waals surface area contributed by atoms with E-state index in [4.69, 9.17) is 23.2 Å². The van der Waals surface area contributed by atoms with Gasteiger partial charge in [-0.2, -0.15) is 0 Å². The summed E-state index contributed by atoms with van der Waals surface area (Å²) < 4.78 is 1.09. The highest BCUT2D eigenvalue weighted by atomic mass is 79.9. The van der Waals surface area contributed by atoms with Gasteiger partial charge in [0, 0.05) is 21.2 Å². The van der Waals surface area contributed by atoms with Crippen molar-refractivity contribution in [1.82, 2.24) is 5.32 Å². The zero-order valence-electron chi connectivity index (χ0n) is 10.9. The molecule has 2 rings (SSSR count). The van der Waals surface area contributed by atoms with Gasteiger partial charge in [0.2, 0.25) is 0 Å². The van der Waals surface area contributed by atoms with Crippen molar-refractivity contribution in [1.29, 1.82) is 0 Å². The van der Waals surface area contributed by atoms with Crippen LogP contribution in [0.15, 0.2) is 51.8 Å². The number of benzene rings is 2. The van der Waals surface area contributed by atoms with E-state index in [2.05, 4.69) is 33.4 Å². The second-order valence-electron chi connectivity index (χ2n) is 4.25. The molecule has 1 N–H and O–H groups in total. The van der Waals surface area contributed by atoms with Gasteiger partial charge in [0.05, 0.1) is 10.0 Å². The normalized spacial score (nSPS) is 12.4. The summed E-state index contributed by atoms with van der Waals surface area (Å²) in [6, 6.07) is 14.2. The number of hydrogen-bond donors (Lipinski definition) is 1. The van der Waals surface area contributed by atoms with Gasteiger partial charge < -0.3 is 5.32 Å². The summed E-state index contributed by atoms with van der Waals surface area (Å²) in [4.78, 5) is 1.23. The van der Waals surface area contributed by atoms with E-state index in [1.54, 1.807) is 11.8 Å². The molecule has 1 unspecified atom stereocenters. The minimum absolute atomic E-state index is 0.162. The van der Waals surface area contributed by atoms with Crippen molar-refractivity contribution < 1.29 is 0 Å². The smallest absolute Gasteiger partial charge is 0.0640 e. The van der Waals surface area contributed by atoms with Crippen LogP contribution in [0.25, 0.3) is 0 Å². The van der Waals surface area contributed by atoms with E-state index < -0.39 is 0 Å². The Balaban J connectivity index is 2.09. The van der Waals surface area contributed by atoms with Gasteiger partial charge in [0.25, 0.3) is 0 Å². The number of halogens is 3. The zero-order valence-corrected chi connectivity index (χ0v) is 14.8. The van der Waals surface area contributed by atoms with Crippen LogP contribution in [0.4, 0.5) is 0 Å². The second-order valence-corrected chi connectivity index (χ2v) is 7.04. The monoisotopic (exact) mass is 389 g/mol. The third kappa shape index (κ3) is 4.15. The van der Waals surface area contributed by atoms with E-state index in [-0.39, 0.29) is 6.04 Å². The Morgan fingerprint density at radius 2 is 1.85 bits per heavy atom. The Kier molecular flexibility index (Phi) is 6.24. The first-order valence-corrected chi connectivity index (χ1v) is 8.65. The molecule has 1 nitrogen and oxygen atoms in total. The molecule has 0 amide bonds. The van der Waals surface area contributed by atoms with Crippen LogP contribution in [-0.2, 0) is 0 Å². The fraction of sp³-hybridized carbons (Fsp3) is 0.200. The molecule has 0 saturated carbocycles. The first-order valence-electron chi connectivity index (χ1n) is 6.11. The molecule has 0 saturated heterocycles. The van der Waals surface area contributed by atoms with Crippen LogP contribution >= 0.6 is 50.9 Å².